The molecule has 0 aromatic heterocycles. The van der Waals surface area contributed by atoms with Crippen molar-refractivity contribution in [2.24, 2.45) is 11.3 Å². The number of hydrogen-bond acceptors (Lipinski definition) is 5. The Morgan fingerprint density at radius 3 is 2.35 bits per heavy atom. The Balaban J connectivity index is 1.91. The molecule has 1 aromatic rings. The Labute approximate surface area is 184 Å². The maximum atomic E-state index is 13.6. The van der Waals surface area contributed by atoms with Gasteiger partial charge in [-0.2, -0.15) is 13.2 Å². The quantitative estimate of drug-likeness (QED) is 0.686. The molecular weight excluding hydrogens is 431 g/mol. The summed E-state index contributed by atoms with van der Waals surface area (Å²) in [4.78, 5) is 26.6. The molecule has 172 valence electrons. The number of likely N-dealkylation sites (tertiary alicyclic amines) is 1. The number of carbonyl (C=O) groups is 2. The summed E-state index contributed by atoms with van der Waals surface area (Å²) in [5.41, 5.74) is -2.70. The van der Waals surface area contributed by atoms with Crippen LogP contribution in [0, 0.1) is 11.3 Å². The molecule has 1 amide bonds. The number of methoxy groups -OCH3 is 1. The zero-order valence-corrected chi connectivity index (χ0v) is 18.9. The van der Waals surface area contributed by atoms with Crippen molar-refractivity contribution >= 4 is 23.6 Å². The molecule has 0 radical (unpaired) electrons. The van der Waals surface area contributed by atoms with Crippen molar-refractivity contribution in [3.63, 3.8) is 0 Å². The highest BCUT2D eigenvalue weighted by Gasteiger charge is 2.57. The summed E-state index contributed by atoms with van der Waals surface area (Å²) in [7, 11) is 1.16. The molecule has 9 heteroatoms. The van der Waals surface area contributed by atoms with E-state index in [1.807, 2.05) is 20.8 Å². The first-order valence-electron chi connectivity index (χ1n) is 10.2. The fourth-order valence-electron chi connectivity index (χ4n) is 4.45. The van der Waals surface area contributed by atoms with Gasteiger partial charge in [-0.15, -0.1) is 11.8 Å². The number of thioether (sulfide) groups is 1. The van der Waals surface area contributed by atoms with Crippen LogP contribution >= 0.6 is 11.8 Å². The van der Waals surface area contributed by atoms with Gasteiger partial charge in [-0.1, -0.05) is 32.9 Å². The Hall–Kier alpha value is -1.74. The molecule has 2 heterocycles. The van der Waals surface area contributed by atoms with E-state index in [1.165, 1.54) is 12.1 Å². The largest absolute Gasteiger partial charge is 0.468 e. The summed E-state index contributed by atoms with van der Waals surface area (Å²) in [5, 5.41) is 10.5. The highest BCUT2D eigenvalue weighted by molar-refractivity contribution is 8.01. The van der Waals surface area contributed by atoms with Gasteiger partial charge in [-0.25, -0.2) is 0 Å². The number of amides is 1. The van der Waals surface area contributed by atoms with Crippen molar-refractivity contribution in [2.75, 3.05) is 20.2 Å². The number of esters is 1. The van der Waals surface area contributed by atoms with Crippen molar-refractivity contribution < 1.29 is 32.6 Å². The summed E-state index contributed by atoms with van der Waals surface area (Å²) in [6, 6.07) is 3.67. The van der Waals surface area contributed by atoms with Crippen LogP contribution in [-0.2, 0) is 26.1 Å². The average Bonchev–Trinajstić information content (AvgIpc) is 2.99. The predicted molar refractivity (Wildman–Crippen MR) is 110 cm³/mol. The molecule has 5 nitrogen and oxygen atoms in total. The lowest BCUT2D eigenvalue weighted by molar-refractivity contribution is -0.150. The van der Waals surface area contributed by atoms with Crippen molar-refractivity contribution in [1.29, 1.82) is 0 Å². The van der Waals surface area contributed by atoms with Crippen molar-refractivity contribution in [3.05, 3.63) is 29.3 Å². The fraction of sp³-hybridized carbons (Fsp3) is 0.636. The first-order chi connectivity index (χ1) is 14.3. The van der Waals surface area contributed by atoms with E-state index in [4.69, 9.17) is 4.74 Å². The van der Waals surface area contributed by atoms with Crippen LogP contribution < -0.4 is 0 Å². The van der Waals surface area contributed by atoms with Gasteiger partial charge in [0, 0.05) is 24.4 Å². The third kappa shape index (κ3) is 4.58. The molecule has 0 spiro atoms. The number of hydrogen-bond donors (Lipinski definition) is 1. The van der Waals surface area contributed by atoms with Gasteiger partial charge < -0.3 is 14.7 Å². The maximum Gasteiger partial charge on any atom is 0.417 e. The van der Waals surface area contributed by atoms with Gasteiger partial charge in [0.2, 0.25) is 5.91 Å². The zero-order chi connectivity index (χ0) is 23.2. The molecule has 0 aliphatic carbocycles. The van der Waals surface area contributed by atoms with Gasteiger partial charge in [-0.3, -0.25) is 9.59 Å². The van der Waals surface area contributed by atoms with Gasteiger partial charge in [-0.05, 0) is 35.8 Å². The summed E-state index contributed by atoms with van der Waals surface area (Å²) < 4.78 is 45.5. The van der Waals surface area contributed by atoms with Gasteiger partial charge >= 0.3 is 12.1 Å². The predicted octanol–water partition coefficient (Wildman–Crippen LogP) is 4.22. The van der Waals surface area contributed by atoms with E-state index in [9.17, 15) is 27.9 Å². The monoisotopic (exact) mass is 459 g/mol. The van der Waals surface area contributed by atoms with Gasteiger partial charge in [0.15, 0.2) is 0 Å². The van der Waals surface area contributed by atoms with Gasteiger partial charge in [0.1, 0.15) is 10.9 Å². The standard InChI is InChI=1S/C22H28F3NO4S/c1-20(2,3)12-16(27)26-10-8-13(9-11-26)21(29)14-6-5-7-15(22(23,24)25)17(14)31-18(21)19(28)30-4/h5-7,13,18,29H,8-12H2,1-4H3/t18-,21-/m1/s1. The molecular formula is C22H28F3NO4S. The highest BCUT2D eigenvalue weighted by Crippen LogP contribution is 2.57. The molecule has 0 unspecified atom stereocenters. The Morgan fingerprint density at radius 1 is 1.23 bits per heavy atom. The van der Waals surface area contributed by atoms with E-state index in [0.717, 1.165) is 13.2 Å². The molecule has 1 N–H and O–H groups in total. The SMILES string of the molecule is COC(=O)[C@H]1Sc2c(C(F)(F)F)cccc2[C@]1(O)C1CCN(C(=O)CC(C)(C)C)CC1. The molecule has 1 saturated heterocycles. The number of rotatable bonds is 3. The number of nitrogens with zero attached hydrogens (tertiary/aromatic N) is 1. The summed E-state index contributed by atoms with van der Waals surface area (Å²) >= 11 is 0.713. The van der Waals surface area contributed by atoms with E-state index in [2.05, 4.69) is 0 Å². The van der Waals surface area contributed by atoms with E-state index < -0.39 is 34.5 Å². The molecule has 3 rings (SSSR count). The second-order valence-electron chi connectivity index (χ2n) is 9.42. The van der Waals surface area contributed by atoms with Crippen molar-refractivity contribution in [3.8, 4) is 0 Å². The number of halogens is 3. The van der Waals surface area contributed by atoms with E-state index in [-0.39, 0.29) is 21.8 Å². The Morgan fingerprint density at radius 2 is 1.84 bits per heavy atom. The highest BCUT2D eigenvalue weighted by atomic mass is 32.2. The summed E-state index contributed by atoms with van der Waals surface area (Å²) in [6.07, 6.45) is -3.44. The van der Waals surface area contributed by atoms with Crippen molar-refractivity contribution in [2.45, 2.75) is 62.0 Å². The lowest BCUT2D eigenvalue weighted by Crippen LogP contribution is -2.51. The normalized spacial score (nSPS) is 24.8. The first kappa shape index (κ1) is 23.9. The van der Waals surface area contributed by atoms with Crippen LogP contribution in [0.5, 0.6) is 0 Å². The number of ether oxygens (including phenoxy) is 1. The first-order valence-corrected chi connectivity index (χ1v) is 11.1. The number of aliphatic hydroxyl groups is 1. The van der Waals surface area contributed by atoms with Crippen LogP contribution in [-0.4, -0.2) is 47.3 Å². The number of carbonyl (C=O) groups excluding carboxylic acids is 2. The van der Waals surface area contributed by atoms with Crippen LogP contribution in [0.4, 0.5) is 13.2 Å². The molecule has 2 atom stereocenters. The third-order valence-corrected chi connectivity index (χ3v) is 7.42. The van der Waals surface area contributed by atoms with Crippen LogP contribution in [0.1, 0.15) is 51.2 Å². The van der Waals surface area contributed by atoms with Gasteiger partial charge in [0.05, 0.1) is 12.7 Å². The van der Waals surface area contributed by atoms with E-state index >= 15 is 0 Å². The maximum absolute atomic E-state index is 13.6. The molecule has 2 aliphatic heterocycles. The molecule has 2 aliphatic rings. The second kappa shape index (κ2) is 8.31. The molecule has 31 heavy (non-hydrogen) atoms. The Bertz CT molecular complexity index is 859. The molecule has 1 aromatic carbocycles. The molecule has 0 saturated carbocycles. The smallest absolute Gasteiger partial charge is 0.417 e. The van der Waals surface area contributed by atoms with Crippen LogP contribution in [0.25, 0.3) is 0 Å². The molecule has 0 bridgehead atoms. The van der Waals surface area contributed by atoms with Crippen molar-refractivity contribution in [1.82, 2.24) is 4.90 Å². The van der Waals surface area contributed by atoms with Crippen LogP contribution in [0.2, 0.25) is 0 Å². The minimum Gasteiger partial charge on any atom is -0.468 e. The van der Waals surface area contributed by atoms with E-state index in [1.54, 1.807) is 4.90 Å². The minimum absolute atomic E-state index is 0.0167. The van der Waals surface area contributed by atoms with Crippen LogP contribution in [0.3, 0.4) is 0 Å². The van der Waals surface area contributed by atoms with Gasteiger partial charge in [0.25, 0.3) is 0 Å². The molecule has 1 fully saturated rings. The second-order valence-corrected chi connectivity index (χ2v) is 10.5. The summed E-state index contributed by atoms with van der Waals surface area (Å²) in [5.74, 6) is -1.22. The number of benzene rings is 1. The minimum atomic E-state index is -4.60. The Kier molecular flexibility index (Phi) is 6.41. The van der Waals surface area contributed by atoms with Crippen LogP contribution in [0.15, 0.2) is 23.1 Å². The average molecular weight is 460 g/mol. The fourth-order valence-corrected chi connectivity index (χ4v) is 6.05. The topological polar surface area (TPSA) is 66.8 Å². The zero-order valence-electron chi connectivity index (χ0n) is 18.1. The number of fused-ring (bicyclic) bond motifs is 1. The lowest BCUT2D eigenvalue weighted by atomic mass is 9.73. The third-order valence-electron chi connectivity index (χ3n) is 5.95. The number of piperidine rings is 1. The summed E-state index contributed by atoms with van der Waals surface area (Å²) in [6.45, 7) is 6.70. The van der Waals surface area contributed by atoms with E-state index in [0.29, 0.717) is 44.1 Å². The lowest BCUT2D eigenvalue weighted by Gasteiger charge is -2.42. The number of alkyl halides is 3.